The number of carbonyl (C=O) groups excluding carboxylic acids is 3. The number of aromatic nitrogens is 2. The van der Waals surface area contributed by atoms with Crippen LogP contribution in [0.5, 0.6) is 5.88 Å². The van der Waals surface area contributed by atoms with Crippen molar-refractivity contribution in [2.24, 2.45) is 23.5 Å². The summed E-state index contributed by atoms with van der Waals surface area (Å²) in [6.45, 7) is 4.64. The molecule has 2 heterocycles. The zero-order valence-corrected chi connectivity index (χ0v) is 22.9. The smallest absolute Gasteiger partial charge is 0.243 e. The van der Waals surface area contributed by atoms with Crippen LogP contribution in [-0.2, 0) is 14.4 Å². The first-order valence-electron chi connectivity index (χ1n) is 13.9. The van der Waals surface area contributed by atoms with Crippen molar-refractivity contribution < 1.29 is 19.1 Å². The Labute approximate surface area is 228 Å². The molecule has 5 unspecified atom stereocenters. The molecule has 208 valence electrons. The van der Waals surface area contributed by atoms with E-state index in [1.807, 2.05) is 50.3 Å². The Morgan fingerprint density at radius 3 is 2.72 bits per heavy atom. The Morgan fingerprint density at radius 1 is 1.18 bits per heavy atom. The first-order valence-corrected chi connectivity index (χ1v) is 13.9. The molecule has 0 spiro atoms. The second-order valence-corrected chi connectivity index (χ2v) is 11.4. The maximum atomic E-state index is 13.6. The number of nitrogens with two attached hydrogens (primary N) is 1. The average Bonchev–Trinajstić information content (AvgIpc) is 3.43. The lowest BCUT2D eigenvalue weighted by atomic mass is 9.93. The second kappa shape index (κ2) is 10.8. The van der Waals surface area contributed by atoms with Gasteiger partial charge in [-0.1, -0.05) is 24.3 Å². The van der Waals surface area contributed by atoms with Gasteiger partial charge in [0, 0.05) is 25.6 Å². The molecule has 2 aromatic rings. The molecule has 0 radical (unpaired) electrons. The van der Waals surface area contributed by atoms with Crippen molar-refractivity contribution in [1.29, 1.82) is 0 Å². The molecular weight excluding hydrogens is 496 g/mol. The van der Waals surface area contributed by atoms with Gasteiger partial charge in [-0.2, -0.15) is 4.98 Å². The Morgan fingerprint density at radius 2 is 1.95 bits per heavy atom. The number of carbonyl (C=O) groups is 3. The summed E-state index contributed by atoms with van der Waals surface area (Å²) in [6.07, 6.45) is 7.46. The minimum atomic E-state index is -1.09. The topological polar surface area (TPSA) is 140 Å². The molecule has 3 aliphatic rings. The molecule has 10 nitrogen and oxygen atoms in total. The summed E-state index contributed by atoms with van der Waals surface area (Å²) in [5.41, 5.74) is 5.41. The van der Waals surface area contributed by atoms with Gasteiger partial charge in [0.05, 0.1) is 22.7 Å². The van der Waals surface area contributed by atoms with Crippen molar-refractivity contribution in [3.8, 4) is 5.88 Å². The van der Waals surface area contributed by atoms with Gasteiger partial charge in [-0.25, -0.2) is 4.98 Å². The van der Waals surface area contributed by atoms with Gasteiger partial charge >= 0.3 is 0 Å². The molecule has 2 saturated carbocycles. The molecule has 1 aromatic heterocycles. The number of nitrogens with one attached hydrogen (secondary N) is 2. The third-order valence-corrected chi connectivity index (χ3v) is 8.10. The fourth-order valence-electron chi connectivity index (χ4n) is 5.85. The number of nitrogens with zero attached hydrogens (tertiary/aromatic N) is 3. The van der Waals surface area contributed by atoms with E-state index in [2.05, 4.69) is 20.6 Å². The summed E-state index contributed by atoms with van der Waals surface area (Å²) in [5.74, 6) is -1.40. The van der Waals surface area contributed by atoms with Gasteiger partial charge in [-0.15, -0.1) is 0 Å². The number of primary amides is 1. The van der Waals surface area contributed by atoms with Gasteiger partial charge in [-0.3, -0.25) is 14.4 Å². The lowest BCUT2D eigenvalue weighted by Gasteiger charge is -2.26. The van der Waals surface area contributed by atoms with Crippen LogP contribution in [0.4, 0.5) is 5.95 Å². The summed E-state index contributed by atoms with van der Waals surface area (Å²) in [7, 11) is 1.79. The first-order chi connectivity index (χ1) is 18.7. The molecular formula is C29H38N6O4. The van der Waals surface area contributed by atoms with E-state index in [1.165, 1.54) is 0 Å². The SMILES string of the molecule is CC(C)Nc1nc(OC2CC3C(=O)NC4(C(N)=O)CC4C=CCCCCN(C)C(=O)C3C2)c2ccccc2n1. The van der Waals surface area contributed by atoms with Crippen molar-refractivity contribution in [2.75, 3.05) is 18.9 Å². The zero-order chi connectivity index (χ0) is 27.7. The zero-order valence-electron chi connectivity index (χ0n) is 22.9. The molecule has 0 saturated heterocycles. The van der Waals surface area contributed by atoms with Crippen LogP contribution in [0.2, 0.25) is 0 Å². The van der Waals surface area contributed by atoms with E-state index in [1.54, 1.807) is 11.9 Å². The third kappa shape index (κ3) is 5.55. The first kappa shape index (κ1) is 26.9. The van der Waals surface area contributed by atoms with Gasteiger partial charge in [0.1, 0.15) is 11.6 Å². The van der Waals surface area contributed by atoms with Gasteiger partial charge < -0.3 is 26.0 Å². The molecule has 2 aliphatic carbocycles. The summed E-state index contributed by atoms with van der Waals surface area (Å²) in [6, 6.07) is 7.74. The molecule has 3 amide bonds. The van der Waals surface area contributed by atoms with E-state index >= 15 is 0 Å². The van der Waals surface area contributed by atoms with Crippen molar-refractivity contribution >= 4 is 34.6 Å². The number of hydrogen-bond acceptors (Lipinski definition) is 7. The van der Waals surface area contributed by atoms with Crippen LogP contribution in [-0.4, -0.2) is 63.9 Å². The maximum absolute atomic E-state index is 13.6. The number of benzene rings is 1. The number of para-hydroxylation sites is 1. The highest BCUT2D eigenvalue weighted by Gasteiger charge is 2.60. The molecule has 1 aliphatic heterocycles. The molecule has 1 aromatic carbocycles. The fourth-order valence-corrected chi connectivity index (χ4v) is 5.85. The molecule has 0 bridgehead atoms. The Balaban J connectivity index is 1.43. The number of hydrogen-bond donors (Lipinski definition) is 3. The van der Waals surface area contributed by atoms with Crippen LogP contribution >= 0.6 is 0 Å². The van der Waals surface area contributed by atoms with E-state index < -0.39 is 29.4 Å². The van der Waals surface area contributed by atoms with Crippen molar-refractivity contribution in [2.45, 2.75) is 70.1 Å². The third-order valence-electron chi connectivity index (χ3n) is 8.10. The quantitative estimate of drug-likeness (QED) is 0.501. The van der Waals surface area contributed by atoms with E-state index in [9.17, 15) is 14.4 Å². The highest BCUT2D eigenvalue weighted by Crippen LogP contribution is 2.46. The monoisotopic (exact) mass is 534 g/mol. The number of fused-ring (bicyclic) bond motifs is 3. The van der Waals surface area contributed by atoms with E-state index in [0.717, 1.165) is 30.2 Å². The number of amides is 3. The molecule has 5 rings (SSSR count). The van der Waals surface area contributed by atoms with E-state index in [4.69, 9.17) is 10.5 Å². The van der Waals surface area contributed by atoms with Crippen LogP contribution in [0.3, 0.4) is 0 Å². The van der Waals surface area contributed by atoms with Crippen molar-refractivity contribution in [3.05, 3.63) is 36.4 Å². The number of allylic oxidation sites excluding steroid dienone is 1. The predicted octanol–water partition coefficient (Wildman–Crippen LogP) is 2.78. The fraction of sp³-hybridized carbons (Fsp3) is 0.552. The van der Waals surface area contributed by atoms with E-state index in [-0.39, 0.29) is 23.8 Å². The molecule has 5 atom stereocenters. The summed E-state index contributed by atoms with van der Waals surface area (Å²) in [5, 5.41) is 6.94. The van der Waals surface area contributed by atoms with E-state index in [0.29, 0.717) is 37.6 Å². The van der Waals surface area contributed by atoms with Gasteiger partial charge in [-0.05, 0) is 64.5 Å². The number of rotatable bonds is 5. The largest absolute Gasteiger partial charge is 0.474 e. The van der Waals surface area contributed by atoms with Crippen LogP contribution in [0, 0.1) is 17.8 Å². The summed E-state index contributed by atoms with van der Waals surface area (Å²) >= 11 is 0. The highest BCUT2D eigenvalue weighted by atomic mass is 16.5. The summed E-state index contributed by atoms with van der Waals surface area (Å²) in [4.78, 5) is 50.6. The second-order valence-electron chi connectivity index (χ2n) is 11.4. The maximum Gasteiger partial charge on any atom is 0.243 e. The normalized spacial score (nSPS) is 29.4. The Kier molecular flexibility index (Phi) is 7.46. The minimum Gasteiger partial charge on any atom is -0.474 e. The van der Waals surface area contributed by atoms with Crippen molar-refractivity contribution in [3.63, 3.8) is 0 Å². The lowest BCUT2D eigenvalue weighted by Crippen LogP contribution is -2.51. The van der Waals surface area contributed by atoms with Crippen molar-refractivity contribution in [1.82, 2.24) is 20.2 Å². The highest BCUT2D eigenvalue weighted by molar-refractivity contribution is 5.96. The Hall–Kier alpha value is -3.69. The summed E-state index contributed by atoms with van der Waals surface area (Å²) < 4.78 is 6.43. The number of ether oxygens (including phenoxy) is 1. The molecule has 4 N–H and O–H groups in total. The van der Waals surface area contributed by atoms with Crippen LogP contribution in [0.15, 0.2) is 36.4 Å². The molecule has 39 heavy (non-hydrogen) atoms. The average molecular weight is 535 g/mol. The van der Waals surface area contributed by atoms with Gasteiger partial charge in [0.25, 0.3) is 0 Å². The predicted molar refractivity (Wildman–Crippen MR) is 148 cm³/mol. The molecule has 2 fully saturated rings. The minimum absolute atomic E-state index is 0.0796. The standard InChI is InChI=1S/C29H38N6O4/c1-17(2)31-28-32-23-12-8-7-11-20(23)25(33-28)39-19-14-21-22(15-19)26(37)35(3)13-9-5-4-6-10-18-16-29(18,27(30)38)34-24(21)36/h6-8,10-12,17-19,21-22H,4-5,9,13-16H2,1-3H3,(H2,30,38)(H,34,36)(H,31,32,33). The van der Waals surface area contributed by atoms with Crippen LogP contribution in [0.1, 0.15) is 52.4 Å². The number of anilines is 1. The van der Waals surface area contributed by atoms with Gasteiger partial charge in [0.15, 0.2) is 0 Å². The Bertz CT molecular complexity index is 1300. The molecule has 10 heteroatoms. The van der Waals surface area contributed by atoms with Gasteiger partial charge in [0.2, 0.25) is 29.5 Å². The van der Waals surface area contributed by atoms with Crippen LogP contribution < -0.4 is 21.1 Å². The van der Waals surface area contributed by atoms with Crippen LogP contribution in [0.25, 0.3) is 10.9 Å². The lowest BCUT2D eigenvalue weighted by molar-refractivity contribution is -0.140.